The van der Waals surface area contributed by atoms with E-state index in [0.29, 0.717) is 37.8 Å². The van der Waals surface area contributed by atoms with Crippen molar-refractivity contribution in [1.82, 2.24) is 10.3 Å². The Morgan fingerprint density at radius 3 is 2.88 bits per heavy atom. The van der Waals surface area contributed by atoms with Gasteiger partial charge in [0.15, 0.2) is 0 Å². The van der Waals surface area contributed by atoms with Gasteiger partial charge in [-0.15, -0.1) is 0 Å². The Balaban J connectivity index is 2.30. The van der Waals surface area contributed by atoms with Gasteiger partial charge in [-0.2, -0.15) is 5.26 Å². The van der Waals surface area contributed by atoms with Crippen LogP contribution in [0.25, 0.3) is 10.9 Å². The Morgan fingerprint density at radius 2 is 2.21 bits per heavy atom. The summed E-state index contributed by atoms with van der Waals surface area (Å²) in [6.07, 6.45) is 0.0871. The Kier molecular flexibility index (Phi) is 4.39. The van der Waals surface area contributed by atoms with Gasteiger partial charge in [-0.1, -0.05) is 23.2 Å². The molecule has 124 valence electrons. The van der Waals surface area contributed by atoms with Crippen LogP contribution in [0.15, 0.2) is 6.07 Å². The first-order valence-electron chi connectivity index (χ1n) is 7.29. The number of halogens is 2. The topological polar surface area (TPSA) is 106 Å². The fraction of sp³-hybridized carbons (Fsp3) is 0.312. The van der Waals surface area contributed by atoms with Gasteiger partial charge in [0, 0.05) is 23.5 Å². The van der Waals surface area contributed by atoms with Crippen LogP contribution in [-0.2, 0) is 22.4 Å². The molecule has 1 aromatic carbocycles. The van der Waals surface area contributed by atoms with Gasteiger partial charge in [0.1, 0.15) is 0 Å². The van der Waals surface area contributed by atoms with Gasteiger partial charge in [-0.05, 0) is 17.2 Å². The molecule has 0 fully saturated rings. The van der Waals surface area contributed by atoms with E-state index < -0.39 is 11.9 Å². The summed E-state index contributed by atoms with van der Waals surface area (Å²) in [5, 5.41) is 22.2. The van der Waals surface area contributed by atoms with Crippen molar-refractivity contribution in [2.75, 3.05) is 6.54 Å². The number of amides is 1. The molecule has 8 heteroatoms. The van der Waals surface area contributed by atoms with Crippen molar-refractivity contribution in [1.29, 1.82) is 5.26 Å². The van der Waals surface area contributed by atoms with Crippen LogP contribution in [0.1, 0.15) is 29.2 Å². The number of fused-ring (bicyclic) bond motifs is 3. The number of hydrogen-bond donors (Lipinski definition) is 3. The Bertz CT molecular complexity index is 898. The standard InChI is InChI=1S/C16H13Cl2N3O3/c17-10-3-7(1-2-19)13-9-5-11(22)20-6-8(4-12(23)24)15(9)21-16(13)14(10)18/h3,8,21H,1,4-6H2,(H,20,22)(H,23,24). The van der Waals surface area contributed by atoms with Crippen molar-refractivity contribution < 1.29 is 14.7 Å². The molecule has 1 amide bonds. The fourth-order valence-electron chi connectivity index (χ4n) is 3.19. The Morgan fingerprint density at radius 1 is 1.46 bits per heavy atom. The number of carboxylic acids is 1. The van der Waals surface area contributed by atoms with Crippen molar-refractivity contribution in [2.24, 2.45) is 0 Å². The highest BCUT2D eigenvalue weighted by Gasteiger charge is 2.29. The van der Waals surface area contributed by atoms with Crippen LogP contribution in [0.5, 0.6) is 0 Å². The summed E-state index contributed by atoms with van der Waals surface area (Å²) in [6, 6.07) is 3.70. The molecule has 3 N–H and O–H groups in total. The van der Waals surface area contributed by atoms with Crippen LogP contribution in [0.3, 0.4) is 0 Å². The summed E-state index contributed by atoms with van der Waals surface area (Å²) >= 11 is 12.4. The van der Waals surface area contributed by atoms with E-state index in [2.05, 4.69) is 16.4 Å². The lowest BCUT2D eigenvalue weighted by atomic mass is 9.95. The number of nitriles is 1. The van der Waals surface area contributed by atoms with Crippen LogP contribution >= 0.6 is 23.2 Å². The molecule has 0 radical (unpaired) electrons. The molecule has 1 aromatic heterocycles. The quantitative estimate of drug-likeness (QED) is 0.777. The molecule has 2 heterocycles. The molecule has 1 unspecified atom stereocenters. The lowest BCUT2D eigenvalue weighted by molar-refractivity contribution is -0.137. The molecule has 0 saturated carbocycles. The summed E-state index contributed by atoms with van der Waals surface area (Å²) in [5.41, 5.74) is 2.57. The van der Waals surface area contributed by atoms with Crippen molar-refractivity contribution in [2.45, 2.75) is 25.2 Å². The maximum atomic E-state index is 12.0. The largest absolute Gasteiger partial charge is 0.481 e. The minimum absolute atomic E-state index is 0.0990. The van der Waals surface area contributed by atoms with Crippen molar-refractivity contribution in [3.8, 4) is 6.07 Å². The van der Waals surface area contributed by atoms with E-state index in [1.54, 1.807) is 6.07 Å². The van der Waals surface area contributed by atoms with E-state index in [-0.39, 0.29) is 31.7 Å². The van der Waals surface area contributed by atoms with Crippen LogP contribution in [-0.4, -0.2) is 28.5 Å². The second-order valence-corrected chi connectivity index (χ2v) is 6.49. The molecule has 1 atom stereocenters. The first kappa shape index (κ1) is 16.6. The van der Waals surface area contributed by atoms with Gasteiger partial charge >= 0.3 is 5.97 Å². The monoisotopic (exact) mass is 365 g/mol. The first-order valence-corrected chi connectivity index (χ1v) is 8.04. The first-order chi connectivity index (χ1) is 11.4. The van der Waals surface area contributed by atoms with Crippen molar-refractivity contribution in [3.05, 3.63) is 32.9 Å². The summed E-state index contributed by atoms with van der Waals surface area (Å²) in [4.78, 5) is 26.4. The average Bonchev–Trinajstić information content (AvgIpc) is 2.81. The predicted molar refractivity (Wildman–Crippen MR) is 89.3 cm³/mol. The molecule has 1 aliphatic heterocycles. The molecule has 2 aromatic rings. The van der Waals surface area contributed by atoms with E-state index in [9.17, 15) is 9.59 Å². The molecular weight excluding hydrogens is 353 g/mol. The van der Waals surface area contributed by atoms with Crippen molar-refractivity contribution in [3.63, 3.8) is 0 Å². The highest BCUT2D eigenvalue weighted by atomic mass is 35.5. The molecule has 0 bridgehead atoms. The number of carboxylic acid groups (broad SMARTS) is 1. The normalized spacial score (nSPS) is 17.0. The number of aliphatic carboxylic acids is 1. The minimum atomic E-state index is -0.956. The number of carbonyl (C=O) groups excluding carboxylic acids is 1. The lowest BCUT2D eigenvalue weighted by Crippen LogP contribution is -2.27. The number of nitrogens with one attached hydrogen (secondary N) is 2. The zero-order chi connectivity index (χ0) is 17.4. The molecule has 24 heavy (non-hydrogen) atoms. The Labute approximate surface area is 147 Å². The highest BCUT2D eigenvalue weighted by Crippen LogP contribution is 2.40. The van der Waals surface area contributed by atoms with E-state index in [1.807, 2.05) is 0 Å². The summed E-state index contributed by atoms with van der Waals surface area (Å²) in [6.45, 7) is 0.226. The third-order valence-corrected chi connectivity index (χ3v) is 4.96. The summed E-state index contributed by atoms with van der Waals surface area (Å²) in [7, 11) is 0. The number of hydrogen-bond acceptors (Lipinski definition) is 3. The fourth-order valence-corrected chi connectivity index (χ4v) is 3.61. The minimum Gasteiger partial charge on any atom is -0.481 e. The van der Waals surface area contributed by atoms with Gasteiger partial charge < -0.3 is 15.4 Å². The van der Waals surface area contributed by atoms with Gasteiger partial charge in [0.25, 0.3) is 0 Å². The lowest BCUT2D eigenvalue weighted by Gasteiger charge is -2.12. The zero-order valence-corrected chi connectivity index (χ0v) is 14.0. The van der Waals surface area contributed by atoms with Crippen LogP contribution in [0, 0.1) is 11.3 Å². The second kappa shape index (κ2) is 6.34. The van der Waals surface area contributed by atoms with Gasteiger partial charge in [0.2, 0.25) is 5.91 Å². The summed E-state index contributed by atoms with van der Waals surface area (Å²) in [5.74, 6) is -1.55. The van der Waals surface area contributed by atoms with Crippen LogP contribution in [0.4, 0.5) is 0 Å². The van der Waals surface area contributed by atoms with Crippen molar-refractivity contribution >= 4 is 46.0 Å². The smallest absolute Gasteiger partial charge is 0.304 e. The second-order valence-electron chi connectivity index (χ2n) is 5.71. The van der Waals surface area contributed by atoms with Crippen LogP contribution in [0.2, 0.25) is 10.0 Å². The molecular formula is C16H13Cl2N3O3. The SMILES string of the molecule is N#CCc1cc(Cl)c(Cl)c2[nH]c3c(c12)CC(=O)NCC3CC(=O)O. The number of aromatic amines is 1. The molecule has 0 saturated heterocycles. The number of nitrogens with zero attached hydrogens (tertiary/aromatic N) is 1. The van der Waals surface area contributed by atoms with Gasteiger partial charge in [-0.3, -0.25) is 9.59 Å². The maximum Gasteiger partial charge on any atom is 0.304 e. The maximum absolute atomic E-state index is 12.0. The molecule has 1 aliphatic rings. The number of aromatic nitrogens is 1. The van der Waals surface area contributed by atoms with Gasteiger partial charge in [0.05, 0.1) is 40.9 Å². The predicted octanol–water partition coefficient (Wildman–Crippen LogP) is 2.77. The van der Waals surface area contributed by atoms with E-state index in [0.717, 1.165) is 0 Å². The van der Waals surface area contributed by atoms with E-state index >= 15 is 0 Å². The number of H-pyrrole nitrogens is 1. The molecule has 3 rings (SSSR count). The highest BCUT2D eigenvalue weighted by molar-refractivity contribution is 6.45. The number of rotatable bonds is 3. The third-order valence-electron chi connectivity index (χ3n) is 4.17. The van der Waals surface area contributed by atoms with Gasteiger partial charge in [-0.25, -0.2) is 0 Å². The molecule has 6 nitrogen and oxygen atoms in total. The molecule has 0 spiro atoms. The van der Waals surface area contributed by atoms with Crippen LogP contribution < -0.4 is 5.32 Å². The summed E-state index contributed by atoms with van der Waals surface area (Å²) < 4.78 is 0. The average molecular weight is 366 g/mol. The molecule has 0 aliphatic carbocycles. The number of carbonyl (C=O) groups is 2. The van der Waals surface area contributed by atoms with E-state index in [4.69, 9.17) is 33.6 Å². The zero-order valence-electron chi connectivity index (χ0n) is 12.4. The third kappa shape index (κ3) is 2.81. The number of benzene rings is 1. The van der Waals surface area contributed by atoms with E-state index in [1.165, 1.54) is 0 Å². The Hall–Kier alpha value is -2.23.